The first-order chi connectivity index (χ1) is 10.2. The van der Waals surface area contributed by atoms with Crippen LogP contribution in [0.5, 0.6) is 0 Å². The third kappa shape index (κ3) is 15.5. The Bertz CT molecular complexity index is 258. The number of hydrogen-bond acceptors (Lipinski definition) is 2. The number of unbranched alkanes of at least 4 members (excludes halogenated alkanes) is 8. The van der Waals surface area contributed by atoms with Crippen LogP contribution in [0.15, 0.2) is 0 Å². The average molecular weight is 296 g/mol. The zero-order valence-electron chi connectivity index (χ0n) is 14.4. The molecule has 124 valence electrons. The molecule has 0 aliphatic carbocycles. The third-order valence-electron chi connectivity index (χ3n) is 4.00. The van der Waals surface area contributed by atoms with Crippen LogP contribution in [0.2, 0.25) is 0 Å². The fraction of sp³-hybridized carbons (Fsp3) is 0.895. The molecule has 0 aromatic carbocycles. The van der Waals surface area contributed by atoms with E-state index in [4.69, 9.17) is 0 Å². The summed E-state index contributed by atoms with van der Waals surface area (Å²) in [7, 11) is 0. The topological polar surface area (TPSA) is 34.1 Å². The van der Waals surface area contributed by atoms with Crippen LogP contribution in [0.25, 0.3) is 0 Å². The molecular formula is C19H36O2. The lowest BCUT2D eigenvalue weighted by Gasteiger charge is -2.03. The summed E-state index contributed by atoms with van der Waals surface area (Å²) in [5.41, 5.74) is 0. The fourth-order valence-electron chi connectivity index (χ4n) is 2.63. The second-order valence-electron chi connectivity index (χ2n) is 6.26. The normalized spacial score (nSPS) is 10.8. The van der Waals surface area contributed by atoms with E-state index in [0.29, 0.717) is 11.6 Å². The van der Waals surface area contributed by atoms with Gasteiger partial charge in [-0.25, -0.2) is 0 Å². The molecule has 0 aromatic rings. The van der Waals surface area contributed by atoms with Gasteiger partial charge in [0.25, 0.3) is 0 Å². The Morgan fingerprint density at radius 2 is 0.857 bits per heavy atom. The van der Waals surface area contributed by atoms with Crippen molar-refractivity contribution in [1.29, 1.82) is 0 Å². The maximum atomic E-state index is 11.6. The summed E-state index contributed by atoms with van der Waals surface area (Å²) in [6, 6.07) is 0. The summed E-state index contributed by atoms with van der Waals surface area (Å²) in [4.78, 5) is 23.0. The minimum Gasteiger partial charge on any atom is -0.300 e. The van der Waals surface area contributed by atoms with Crippen LogP contribution in [-0.2, 0) is 9.59 Å². The highest BCUT2D eigenvalue weighted by Crippen LogP contribution is 2.11. The van der Waals surface area contributed by atoms with Crippen molar-refractivity contribution in [3.8, 4) is 0 Å². The zero-order valence-corrected chi connectivity index (χ0v) is 14.4. The smallest absolute Gasteiger partial charge is 0.132 e. The highest BCUT2D eigenvalue weighted by Gasteiger charge is 2.02. The van der Waals surface area contributed by atoms with E-state index in [-0.39, 0.29) is 0 Å². The number of hydrogen-bond donors (Lipinski definition) is 0. The van der Waals surface area contributed by atoms with Crippen molar-refractivity contribution in [2.75, 3.05) is 0 Å². The molecule has 0 aliphatic heterocycles. The van der Waals surface area contributed by atoms with Gasteiger partial charge in [-0.2, -0.15) is 0 Å². The van der Waals surface area contributed by atoms with Crippen LogP contribution in [0.3, 0.4) is 0 Å². The Morgan fingerprint density at radius 1 is 0.476 bits per heavy atom. The van der Waals surface area contributed by atoms with Crippen molar-refractivity contribution in [2.45, 2.75) is 110 Å². The molecule has 2 heteroatoms. The molecule has 0 atom stereocenters. The van der Waals surface area contributed by atoms with E-state index in [0.717, 1.165) is 51.4 Å². The van der Waals surface area contributed by atoms with Gasteiger partial charge in [0.05, 0.1) is 0 Å². The number of Topliss-reactive ketones (excluding diaryl/α,β-unsaturated/α-hetero) is 2. The Hall–Kier alpha value is -0.660. The van der Waals surface area contributed by atoms with Crippen LogP contribution in [0.4, 0.5) is 0 Å². The first-order valence-corrected chi connectivity index (χ1v) is 9.24. The minimum absolute atomic E-state index is 0.422. The summed E-state index contributed by atoms with van der Waals surface area (Å²) >= 11 is 0. The summed E-state index contributed by atoms with van der Waals surface area (Å²) in [5, 5.41) is 0. The molecule has 0 saturated carbocycles. The summed E-state index contributed by atoms with van der Waals surface area (Å²) < 4.78 is 0. The van der Waals surface area contributed by atoms with Gasteiger partial charge in [-0.1, -0.05) is 58.8 Å². The first-order valence-electron chi connectivity index (χ1n) is 9.24. The molecule has 0 aliphatic rings. The van der Waals surface area contributed by atoms with Crippen molar-refractivity contribution in [3.63, 3.8) is 0 Å². The van der Waals surface area contributed by atoms with Crippen molar-refractivity contribution in [2.24, 2.45) is 0 Å². The van der Waals surface area contributed by atoms with Gasteiger partial charge in [0.15, 0.2) is 0 Å². The lowest BCUT2D eigenvalue weighted by molar-refractivity contribution is -0.120. The maximum Gasteiger partial charge on any atom is 0.132 e. The van der Waals surface area contributed by atoms with Crippen LogP contribution in [-0.4, -0.2) is 11.6 Å². The number of carbonyl (C=O) groups is 2. The second-order valence-corrected chi connectivity index (χ2v) is 6.26. The van der Waals surface area contributed by atoms with E-state index in [2.05, 4.69) is 13.8 Å². The van der Waals surface area contributed by atoms with Crippen molar-refractivity contribution < 1.29 is 9.59 Å². The SMILES string of the molecule is CCCCCCC(=O)CCCCCCCCC(=O)CCC. The molecule has 0 N–H and O–H groups in total. The highest BCUT2D eigenvalue weighted by molar-refractivity contribution is 5.78. The van der Waals surface area contributed by atoms with Gasteiger partial charge in [-0.3, -0.25) is 9.59 Å². The van der Waals surface area contributed by atoms with Gasteiger partial charge < -0.3 is 0 Å². The predicted octanol–water partition coefficient (Wildman–Crippen LogP) is 6.02. The molecule has 0 heterocycles. The zero-order chi connectivity index (χ0) is 15.8. The van der Waals surface area contributed by atoms with Gasteiger partial charge in [0.2, 0.25) is 0 Å². The molecule has 0 spiro atoms. The Kier molecular flexibility index (Phi) is 15.2. The van der Waals surface area contributed by atoms with E-state index in [1.165, 1.54) is 44.9 Å². The summed E-state index contributed by atoms with van der Waals surface area (Å²) in [6.45, 7) is 4.25. The summed E-state index contributed by atoms with van der Waals surface area (Å²) in [5.74, 6) is 0.877. The van der Waals surface area contributed by atoms with Crippen LogP contribution in [0.1, 0.15) is 110 Å². The monoisotopic (exact) mass is 296 g/mol. The first kappa shape index (κ1) is 20.3. The van der Waals surface area contributed by atoms with Gasteiger partial charge >= 0.3 is 0 Å². The van der Waals surface area contributed by atoms with Crippen LogP contribution < -0.4 is 0 Å². The van der Waals surface area contributed by atoms with Crippen LogP contribution >= 0.6 is 0 Å². The van der Waals surface area contributed by atoms with E-state index < -0.39 is 0 Å². The molecule has 0 aromatic heterocycles. The molecule has 0 bridgehead atoms. The molecule has 2 nitrogen and oxygen atoms in total. The van der Waals surface area contributed by atoms with Gasteiger partial charge in [0, 0.05) is 25.7 Å². The Balaban J connectivity index is 3.21. The number of ketones is 2. The number of rotatable bonds is 16. The van der Waals surface area contributed by atoms with E-state index in [1.54, 1.807) is 0 Å². The molecule has 0 amide bonds. The van der Waals surface area contributed by atoms with E-state index >= 15 is 0 Å². The standard InChI is InChI=1S/C19H36O2/c1-3-5-6-11-16-19(21)17-13-10-8-7-9-12-15-18(20)14-4-2/h3-17H2,1-2H3. The maximum absolute atomic E-state index is 11.6. The van der Waals surface area contributed by atoms with Crippen molar-refractivity contribution in [3.05, 3.63) is 0 Å². The minimum atomic E-state index is 0.422. The largest absolute Gasteiger partial charge is 0.300 e. The van der Waals surface area contributed by atoms with E-state index in [1.807, 2.05) is 0 Å². The molecule has 0 unspecified atom stereocenters. The molecule has 0 fully saturated rings. The van der Waals surface area contributed by atoms with Crippen molar-refractivity contribution >= 4 is 11.6 Å². The average Bonchev–Trinajstić information content (AvgIpc) is 2.46. The molecule has 0 saturated heterocycles. The van der Waals surface area contributed by atoms with Crippen molar-refractivity contribution in [1.82, 2.24) is 0 Å². The molecular weight excluding hydrogens is 260 g/mol. The van der Waals surface area contributed by atoms with E-state index in [9.17, 15) is 9.59 Å². The van der Waals surface area contributed by atoms with Crippen LogP contribution in [0, 0.1) is 0 Å². The fourth-order valence-corrected chi connectivity index (χ4v) is 2.63. The molecule has 0 rings (SSSR count). The molecule has 21 heavy (non-hydrogen) atoms. The van der Waals surface area contributed by atoms with Gasteiger partial charge in [0.1, 0.15) is 11.6 Å². The second kappa shape index (κ2) is 15.7. The van der Waals surface area contributed by atoms with Gasteiger partial charge in [-0.15, -0.1) is 0 Å². The van der Waals surface area contributed by atoms with Gasteiger partial charge in [-0.05, 0) is 25.7 Å². The summed E-state index contributed by atoms with van der Waals surface area (Å²) in [6.07, 6.45) is 15.7. The number of carbonyl (C=O) groups excluding carboxylic acids is 2. The lowest BCUT2D eigenvalue weighted by atomic mass is 10.0. The quantitative estimate of drug-likeness (QED) is 0.326. The highest BCUT2D eigenvalue weighted by atomic mass is 16.1. The third-order valence-corrected chi connectivity index (χ3v) is 4.00. The Labute approximate surface area is 132 Å². The molecule has 0 radical (unpaired) electrons. The lowest BCUT2D eigenvalue weighted by Crippen LogP contribution is -1.98. The Morgan fingerprint density at radius 3 is 1.29 bits per heavy atom. The predicted molar refractivity (Wildman–Crippen MR) is 90.6 cm³/mol.